The van der Waals surface area contributed by atoms with Gasteiger partial charge in [0.15, 0.2) is 0 Å². The predicted octanol–water partition coefficient (Wildman–Crippen LogP) is 0.759. The van der Waals surface area contributed by atoms with Gasteiger partial charge < -0.3 is 36.4 Å². The summed E-state index contributed by atoms with van der Waals surface area (Å²) in [5, 5.41) is 16.8. The Labute approximate surface area is 246 Å². The molecule has 2 unspecified atom stereocenters. The lowest BCUT2D eigenvalue weighted by molar-refractivity contribution is -0.161. The lowest BCUT2D eigenvalue weighted by atomic mass is 9.95. The quantitative estimate of drug-likeness (QED) is 0.141. The number of aliphatic imine (C=N–C) groups is 1. The monoisotopic (exact) mass is 596 g/mol. The van der Waals surface area contributed by atoms with Crippen LogP contribution in [0.3, 0.4) is 0 Å². The van der Waals surface area contributed by atoms with Crippen molar-refractivity contribution in [1.82, 2.24) is 20.9 Å². The zero-order valence-electron chi connectivity index (χ0n) is 23.0. The summed E-state index contributed by atoms with van der Waals surface area (Å²) in [6.07, 6.45) is -0.704. The number of ether oxygens (including phenoxy) is 1. The van der Waals surface area contributed by atoms with Gasteiger partial charge in [-0.2, -0.15) is 0 Å². The second-order valence-electron chi connectivity index (χ2n) is 10.2. The summed E-state index contributed by atoms with van der Waals surface area (Å²) in [6.45, 7) is 2.98. The molecule has 2 heterocycles. The number of hydrogen-bond donors (Lipinski definition) is 5. The highest BCUT2D eigenvalue weighted by Gasteiger charge is 2.64. The number of carboxylic acid groups (broad SMARTS) is 1. The molecule has 4 atom stereocenters. The van der Waals surface area contributed by atoms with E-state index in [1.54, 1.807) is 44.2 Å². The van der Waals surface area contributed by atoms with Crippen LogP contribution in [0, 0.1) is 0 Å². The number of rotatable bonds is 11. The van der Waals surface area contributed by atoms with Crippen LogP contribution >= 0.6 is 11.8 Å². The van der Waals surface area contributed by atoms with Crippen LogP contribution in [-0.2, 0) is 30.5 Å². The number of fused-ring (bicyclic) bond motifs is 1. The highest BCUT2D eigenvalue weighted by Crippen LogP contribution is 2.50. The van der Waals surface area contributed by atoms with E-state index in [1.165, 1.54) is 16.7 Å². The maximum absolute atomic E-state index is 13.3. The first-order valence-electron chi connectivity index (χ1n) is 13.1. The highest BCUT2D eigenvalue weighted by atomic mass is 32.2. The molecule has 0 aromatic heterocycles. The van der Waals surface area contributed by atoms with Crippen molar-refractivity contribution in [3.8, 4) is 0 Å². The Morgan fingerprint density at radius 3 is 2.38 bits per heavy atom. The lowest BCUT2D eigenvalue weighted by Gasteiger charge is -2.44. The average molecular weight is 597 g/mol. The van der Waals surface area contributed by atoms with Crippen molar-refractivity contribution in [1.29, 1.82) is 0 Å². The topological polar surface area (TPSA) is 193 Å². The number of carbonyl (C=O) groups is 5. The third kappa shape index (κ3) is 7.00. The molecule has 2 aromatic carbocycles. The van der Waals surface area contributed by atoms with E-state index in [1.807, 2.05) is 30.3 Å². The Balaban J connectivity index is 1.32. The second kappa shape index (κ2) is 12.9. The van der Waals surface area contributed by atoms with E-state index in [9.17, 15) is 29.1 Å². The van der Waals surface area contributed by atoms with Gasteiger partial charge in [-0.05, 0) is 25.0 Å². The van der Waals surface area contributed by atoms with E-state index in [0.29, 0.717) is 5.56 Å². The van der Waals surface area contributed by atoms with Gasteiger partial charge in [0.25, 0.3) is 0 Å². The number of alkyl carbamates (subject to hydrolysis) is 1. The van der Waals surface area contributed by atoms with Crippen LogP contribution in [0.4, 0.5) is 4.79 Å². The minimum absolute atomic E-state index is 0.0310. The van der Waals surface area contributed by atoms with Crippen molar-refractivity contribution in [2.24, 2.45) is 10.7 Å². The standard InChI is InChI=1S/C28H32N6O7S/c1-28(2)22(26(38)39)34-24(37)21(25(34)42-28)33-23(36)20(17-11-7-4-8-12-17)32-19(35)14-30-18(29)13-31-27(40)41-15-16-9-5-3-6-10-16/h3-12,20-22,25H,13-15H2,1-2H3,(H2,29,30)(H,31,40)(H,32,35)(H,33,36)(H,38,39)/t20?,21?,22-,25+/m0/s1. The normalized spacial score (nSPS) is 21.4. The third-order valence-electron chi connectivity index (χ3n) is 6.73. The predicted molar refractivity (Wildman–Crippen MR) is 154 cm³/mol. The van der Waals surface area contributed by atoms with Crippen molar-refractivity contribution in [2.75, 3.05) is 13.1 Å². The lowest BCUT2D eigenvalue weighted by Crippen LogP contribution is -2.71. The van der Waals surface area contributed by atoms with E-state index in [4.69, 9.17) is 10.5 Å². The van der Waals surface area contributed by atoms with Gasteiger partial charge >= 0.3 is 12.1 Å². The molecular formula is C28H32N6O7S. The van der Waals surface area contributed by atoms with Crippen molar-refractivity contribution >= 4 is 47.4 Å². The smallest absolute Gasteiger partial charge is 0.407 e. The van der Waals surface area contributed by atoms with Gasteiger partial charge in [-0.1, -0.05) is 60.7 Å². The highest BCUT2D eigenvalue weighted by molar-refractivity contribution is 8.01. The molecule has 0 saturated carbocycles. The van der Waals surface area contributed by atoms with Gasteiger partial charge in [0.1, 0.15) is 42.5 Å². The van der Waals surface area contributed by atoms with Crippen LogP contribution in [-0.4, -0.2) is 80.9 Å². The first-order chi connectivity index (χ1) is 20.0. The van der Waals surface area contributed by atoms with Gasteiger partial charge in [0.05, 0.1) is 6.54 Å². The Hall–Kier alpha value is -4.59. The number of nitrogens with zero attached hydrogens (tertiary/aromatic N) is 2. The van der Waals surface area contributed by atoms with Gasteiger partial charge in [0.2, 0.25) is 17.7 Å². The average Bonchev–Trinajstić information content (AvgIpc) is 3.23. The van der Waals surface area contributed by atoms with E-state index in [0.717, 1.165) is 5.56 Å². The molecule has 0 spiro atoms. The molecule has 2 aliphatic rings. The van der Waals surface area contributed by atoms with Gasteiger partial charge in [-0.15, -0.1) is 11.8 Å². The molecule has 2 fully saturated rings. The van der Waals surface area contributed by atoms with Gasteiger partial charge in [0, 0.05) is 4.75 Å². The number of carbonyl (C=O) groups excluding carboxylic acids is 4. The van der Waals surface area contributed by atoms with Crippen LogP contribution in [0.1, 0.15) is 31.0 Å². The van der Waals surface area contributed by atoms with Crippen LogP contribution in [0.15, 0.2) is 65.7 Å². The summed E-state index contributed by atoms with van der Waals surface area (Å²) in [5.74, 6) is -2.90. The van der Waals surface area contributed by atoms with E-state index >= 15 is 0 Å². The van der Waals surface area contributed by atoms with Crippen LogP contribution in [0.25, 0.3) is 0 Å². The molecule has 6 N–H and O–H groups in total. The number of β-lactam (4-membered cyclic amide) rings is 1. The summed E-state index contributed by atoms with van der Waals surface area (Å²) in [6, 6.07) is 14.5. The molecule has 2 aromatic rings. The van der Waals surface area contributed by atoms with Crippen LogP contribution in [0.2, 0.25) is 0 Å². The van der Waals surface area contributed by atoms with E-state index in [-0.39, 0.29) is 19.0 Å². The fourth-order valence-corrected chi connectivity index (χ4v) is 6.33. The summed E-state index contributed by atoms with van der Waals surface area (Å²) < 4.78 is 4.35. The number of benzene rings is 2. The molecule has 42 heavy (non-hydrogen) atoms. The summed E-state index contributed by atoms with van der Waals surface area (Å²) in [5.41, 5.74) is 7.11. The number of amidine groups is 1. The SMILES string of the molecule is CC1(C)S[C@@H]2C(NC(=O)C(NC(=O)CN=C(N)CNC(=O)OCc3ccccc3)c3ccccc3)C(=O)N2[C@H]1C(=O)O. The molecule has 2 saturated heterocycles. The summed E-state index contributed by atoms with van der Waals surface area (Å²) >= 11 is 1.30. The number of thioether (sulfide) groups is 1. The molecule has 14 heteroatoms. The molecule has 0 radical (unpaired) electrons. The molecule has 222 valence electrons. The molecule has 13 nitrogen and oxygen atoms in total. The summed E-state index contributed by atoms with van der Waals surface area (Å²) in [4.78, 5) is 67.8. The fourth-order valence-electron chi connectivity index (χ4n) is 4.70. The molecular weight excluding hydrogens is 564 g/mol. The Bertz CT molecular complexity index is 1370. The number of nitrogens with one attached hydrogen (secondary N) is 3. The molecule has 0 bridgehead atoms. The molecule has 2 aliphatic heterocycles. The largest absolute Gasteiger partial charge is 0.480 e. The van der Waals surface area contributed by atoms with E-state index < -0.39 is 64.6 Å². The van der Waals surface area contributed by atoms with Crippen molar-refractivity contribution in [2.45, 2.75) is 48.7 Å². The number of carboxylic acids is 1. The first-order valence-corrected chi connectivity index (χ1v) is 14.0. The van der Waals surface area contributed by atoms with E-state index in [2.05, 4.69) is 20.9 Å². The summed E-state index contributed by atoms with van der Waals surface area (Å²) in [7, 11) is 0. The molecule has 4 amide bonds. The van der Waals surface area contributed by atoms with Crippen LogP contribution < -0.4 is 21.7 Å². The van der Waals surface area contributed by atoms with Crippen molar-refractivity contribution < 1.29 is 33.8 Å². The maximum atomic E-state index is 13.3. The van der Waals surface area contributed by atoms with Crippen LogP contribution in [0.5, 0.6) is 0 Å². The third-order valence-corrected chi connectivity index (χ3v) is 8.30. The number of nitrogens with two attached hydrogens (primary N) is 1. The Kier molecular flexibility index (Phi) is 9.35. The van der Waals surface area contributed by atoms with Gasteiger partial charge in [-0.3, -0.25) is 19.4 Å². The maximum Gasteiger partial charge on any atom is 0.407 e. The Morgan fingerprint density at radius 1 is 1.10 bits per heavy atom. The zero-order chi connectivity index (χ0) is 30.4. The minimum atomic E-state index is -1.15. The van der Waals surface area contributed by atoms with Crippen molar-refractivity contribution in [3.63, 3.8) is 0 Å². The Morgan fingerprint density at radius 2 is 1.74 bits per heavy atom. The first kappa shape index (κ1) is 30.4. The van der Waals surface area contributed by atoms with Gasteiger partial charge in [-0.25, -0.2) is 9.59 Å². The molecule has 0 aliphatic carbocycles. The number of hydrogen-bond acceptors (Lipinski definition) is 8. The second-order valence-corrected chi connectivity index (χ2v) is 12.0. The number of amides is 4. The fraction of sp³-hybridized carbons (Fsp3) is 0.357. The number of aliphatic carboxylic acids is 1. The minimum Gasteiger partial charge on any atom is -0.480 e. The zero-order valence-corrected chi connectivity index (χ0v) is 23.8. The molecule has 4 rings (SSSR count). The van der Waals surface area contributed by atoms with Crippen molar-refractivity contribution in [3.05, 3.63) is 71.8 Å².